The van der Waals surface area contributed by atoms with Gasteiger partial charge in [0.15, 0.2) is 6.61 Å². The van der Waals surface area contributed by atoms with Crippen molar-refractivity contribution in [3.8, 4) is 0 Å². The lowest BCUT2D eigenvalue weighted by Gasteiger charge is -1.99. The summed E-state index contributed by atoms with van der Waals surface area (Å²) >= 11 is 0. The van der Waals surface area contributed by atoms with Gasteiger partial charge in [-0.3, -0.25) is 0 Å². The second-order valence-corrected chi connectivity index (χ2v) is 2.93. The van der Waals surface area contributed by atoms with Gasteiger partial charge in [0.25, 0.3) is 0 Å². The zero-order valence-corrected chi connectivity index (χ0v) is 8.88. The number of ether oxygens (including phenoxy) is 2. The van der Waals surface area contributed by atoms with Gasteiger partial charge in [-0.05, 0) is 11.6 Å². The smallest absolute Gasteiger partial charge is 0.344 e. The molecule has 0 spiro atoms. The van der Waals surface area contributed by atoms with Gasteiger partial charge in [-0.25, -0.2) is 9.59 Å². The molecule has 0 aliphatic heterocycles. The summed E-state index contributed by atoms with van der Waals surface area (Å²) in [6.07, 6.45) is 2.87. The number of hydrogen-bond donors (Lipinski definition) is 0. The fourth-order valence-corrected chi connectivity index (χ4v) is 0.966. The van der Waals surface area contributed by atoms with Crippen LogP contribution in [0.2, 0.25) is 0 Å². The second-order valence-electron chi connectivity index (χ2n) is 2.93. The first-order valence-electron chi connectivity index (χ1n) is 4.69. The molecule has 4 nitrogen and oxygen atoms in total. The molecule has 1 rings (SSSR count). The molecule has 0 saturated heterocycles. The fraction of sp³-hybridized carbons (Fsp3) is 0.167. The molecule has 84 valence electrons. The first kappa shape index (κ1) is 12.0. The maximum Gasteiger partial charge on any atom is 0.344 e. The van der Waals surface area contributed by atoms with E-state index in [1.807, 2.05) is 30.3 Å². The molecule has 0 fully saturated rings. The Hall–Kier alpha value is -2.10. The minimum Gasteiger partial charge on any atom is -0.466 e. The summed E-state index contributed by atoms with van der Waals surface area (Å²) in [5.41, 5.74) is 0.887. The van der Waals surface area contributed by atoms with Crippen LogP contribution in [-0.2, 0) is 19.1 Å². The van der Waals surface area contributed by atoms with Crippen LogP contribution >= 0.6 is 0 Å². The highest BCUT2D eigenvalue weighted by atomic mass is 16.6. The maximum atomic E-state index is 11.1. The molecule has 0 aliphatic carbocycles. The molecule has 0 saturated carbocycles. The SMILES string of the molecule is COC(=O)COC(=O)/C=C/c1ccccc1. The highest BCUT2D eigenvalue weighted by molar-refractivity contribution is 5.88. The molecule has 4 heteroatoms. The number of carbonyl (C=O) groups excluding carboxylic acids is 2. The normalized spacial score (nSPS) is 10.1. The summed E-state index contributed by atoms with van der Waals surface area (Å²) in [6.45, 7) is -0.367. The van der Waals surface area contributed by atoms with Crippen molar-refractivity contribution in [2.75, 3.05) is 13.7 Å². The molecule has 1 aromatic rings. The Morgan fingerprint density at radius 2 is 1.94 bits per heavy atom. The van der Waals surface area contributed by atoms with Crippen molar-refractivity contribution in [1.29, 1.82) is 0 Å². The van der Waals surface area contributed by atoms with Crippen LogP contribution < -0.4 is 0 Å². The third-order valence-corrected chi connectivity index (χ3v) is 1.77. The lowest BCUT2D eigenvalue weighted by atomic mass is 10.2. The standard InChI is InChI=1S/C12H12O4/c1-15-12(14)9-16-11(13)8-7-10-5-3-2-4-6-10/h2-8H,9H2,1H3/b8-7+. The molecule has 0 aromatic heterocycles. The van der Waals surface area contributed by atoms with Crippen LogP contribution in [0.15, 0.2) is 36.4 Å². The topological polar surface area (TPSA) is 52.6 Å². The molecule has 0 radical (unpaired) electrons. The average Bonchev–Trinajstić information content (AvgIpc) is 2.34. The van der Waals surface area contributed by atoms with Crippen LogP contribution in [0.4, 0.5) is 0 Å². The van der Waals surface area contributed by atoms with Crippen LogP contribution in [0.25, 0.3) is 6.08 Å². The van der Waals surface area contributed by atoms with Crippen molar-refractivity contribution in [3.05, 3.63) is 42.0 Å². The summed E-state index contributed by atoms with van der Waals surface area (Å²) in [5.74, 6) is -1.16. The van der Waals surface area contributed by atoms with Crippen molar-refractivity contribution in [2.45, 2.75) is 0 Å². The van der Waals surface area contributed by atoms with Crippen LogP contribution in [0.3, 0.4) is 0 Å². The molecular formula is C12H12O4. The van der Waals surface area contributed by atoms with Gasteiger partial charge in [0.05, 0.1) is 7.11 Å². The molecular weight excluding hydrogens is 208 g/mol. The van der Waals surface area contributed by atoms with Gasteiger partial charge in [0, 0.05) is 6.08 Å². The highest BCUT2D eigenvalue weighted by Gasteiger charge is 2.03. The lowest BCUT2D eigenvalue weighted by Crippen LogP contribution is -2.13. The van der Waals surface area contributed by atoms with E-state index in [4.69, 9.17) is 0 Å². The van der Waals surface area contributed by atoms with Gasteiger partial charge in [0.1, 0.15) is 0 Å². The summed E-state index contributed by atoms with van der Waals surface area (Å²) in [4.78, 5) is 21.8. The predicted octanol–water partition coefficient (Wildman–Crippen LogP) is 1.42. The fourth-order valence-electron chi connectivity index (χ4n) is 0.966. The molecule has 0 aliphatic rings. The number of rotatable bonds is 4. The molecule has 1 aromatic carbocycles. The first-order chi connectivity index (χ1) is 7.72. The van der Waals surface area contributed by atoms with Crippen molar-refractivity contribution < 1.29 is 19.1 Å². The highest BCUT2D eigenvalue weighted by Crippen LogP contribution is 2.00. The van der Waals surface area contributed by atoms with Gasteiger partial charge in [-0.1, -0.05) is 30.3 Å². The number of carbonyl (C=O) groups is 2. The summed E-state index contributed by atoms with van der Waals surface area (Å²) in [7, 11) is 1.23. The third kappa shape index (κ3) is 4.41. The van der Waals surface area contributed by atoms with E-state index < -0.39 is 11.9 Å². The molecule has 0 N–H and O–H groups in total. The van der Waals surface area contributed by atoms with Gasteiger partial charge in [-0.15, -0.1) is 0 Å². The Kier molecular flexibility index (Phi) is 4.79. The molecule has 0 amide bonds. The number of methoxy groups -OCH3 is 1. The van der Waals surface area contributed by atoms with E-state index in [1.165, 1.54) is 13.2 Å². The summed E-state index contributed by atoms with van der Waals surface area (Å²) in [6, 6.07) is 9.31. The number of hydrogen-bond acceptors (Lipinski definition) is 4. The summed E-state index contributed by atoms with van der Waals surface area (Å²) < 4.78 is 8.94. The van der Waals surface area contributed by atoms with Gasteiger partial charge < -0.3 is 9.47 Å². The minimum atomic E-state index is -0.582. The molecule has 0 heterocycles. The Morgan fingerprint density at radius 1 is 1.25 bits per heavy atom. The third-order valence-electron chi connectivity index (χ3n) is 1.77. The summed E-state index contributed by atoms with van der Waals surface area (Å²) in [5, 5.41) is 0. The Balaban J connectivity index is 2.40. The molecule has 0 bridgehead atoms. The largest absolute Gasteiger partial charge is 0.466 e. The van der Waals surface area contributed by atoms with Crippen molar-refractivity contribution in [2.24, 2.45) is 0 Å². The van der Waals surface area contributed by atoms with E-state index in [1.54, 1.807) is 6.08 Å². The maximum absolute atomic E-state index is 11.1. The van der Waals surface area contributed by atoms with Crippen LogP contribution in [0.1, 0.15) is 5.56 Å². The first-order valence-corrected chi connectivity index (χ1v) is 4.69. The van der Waals surface area contributed by atoms with Gasteiger partial charge in [-0.2, -0.15) is 0 Å². The van der Waals surface area contributed by atoms with E-state index in [0.29, 0.717) is 0 Å². The molecule has 16 heavy (non-hydrogen) atoms. The van der Waals surface area contributed by atoms with Crippen LogP contribution in [-0.4, -0.2) is 25.7 Å². The van der Waals surface area contributed by atoms with E-state index >= 15 is 0 Å². The van der Waals surface area contributed by atoms with Crippen molar-refractivity contribution >= 4 is 18.0 Å². The Morgan fingerprint density at radius 3 is 2.56 bits per heavy atom. The van der Waals surface area contributed by atoms with Crippen molar-refractivity contribution in [3.63, 3.8) is 0 Å². The average molecular weight is 220 g/mol. The number of benzene rings is 1. The van der Waals surface area contributed by atoms with E-state index in [0.717, 1.165) is 5.56 Å². The zero-order valence-electron chi connectivity index (χ0n) is 8.88. The zero-order chi connectivity index (χ0) is 11.8. The molecule has 0 unspecified atom stereocenters. The molecule has 0 atom stereocenters. The number of esters is 2. The Labute approximate surface area is 93.5 Å². The second kappa shape index (κ2) is 6.40. The predicted molar refractivity (Wildman–Crippen MR) is 58.5 cm³/mol. The quantitative estimate of drug-likeness (QED) is 0.568. The van der Waals surface area contributed by atoms with Crippen LogP contribution in [0.5, 0.6) is 0 Å². The van der Waals surface area contributed by atoms with E-state index in [-0.39, 0.29) is 6.61 Å². The lowest BCUT2D eigenvalue weighted by molar-refractivity contribution is -0.154. The van der Waals surface area contributed by atoms with Gasteiger partial charge >= 0.3 is 11.9 Å². The Bertz CT molecular complexity index is 381. The van der Waals surface area contributed by atoms with Gasteiger partial charge in [0.2, 0.25) is 0 Å². The monoisotopic (exact) mass is 220 g/mol. The van der Waals surface area contributed by atoms with Crippen molar-refractivity contribution in [1.82, 2.24) is 0 Å². The van der Waals surface area contributed by atoms with E-state index in [2.05, 4.69) is 9.47 Å². The van der Waals surface area contributed by atoms with Crippen LogP contribution in [0, 0.1) is 0 Å². The minimum absolute atomic E-state index is 0.367. The van der Waals surface area contributed by atoms with E-state index in [9.17, 15) is 9.59 Å².